The fraction of sp³-hybridized carbons (Fsp3) is 0.474. The first-order chi connectivity index (χ1) is 11.9. The Kier molecular flexibility index (Phi) is 6.56. The fourth-order valence-corrected chi connectivity index (χ4v) is 2.94. The minimum absolute atomic E-state index is 0.0447. The van der Waals surface area contributed by atoms with E-state index < -0.39 is 11.9 Å². The summed E-state index contributed by atoms with van der Waals surface area (Å²) in [6.07, 6.45) is 1.80. The number of amides is 2. The summed E-state index contributed by atoms with van der Waals surface area (Å²) in [6, 6.07) is 6.00. The SMILES string of the molecule is C=CC(=O)N1CC(CC(C)NC(=O)C(CC)Oc2ccccc2F)C1. The van der Waals surface area contributed by atoms with Gasteiger partial charge in [0.25, 0.3) is 5.91 Å². The Bertz CT molecular complexity index is 629. The minimum Gasteiger partial charge on any atom is -0.478 e. The second-order valence-electron chi connectivity index (χ2n) is 6.40. The molecule has 1 N–H and O–H groups in total. The lowest BCUT2D eigenvalue weighted by Crippen LogP contribution is -2.52. The molecule has 1 heterocycles. The molecule has 1 aromatic carbocycles. The van der Waals surface area contributed by atoms with Crippen molar-refractivity contribution in [1.29, 1.82) is 0 Å². The molecule has 6 heteroatoms. The molecule has 0 aliphatic carbocycles. The molecular formula is C19H25FN2O3. The highest BCUT2D eigenvalue weighted by Crippen LogP contribution is 2.21. The molecule has 0 aromatic heterocycles. The summed E-state index contributed by atoms with van der Waals surface area (Å²) in [5, 5.41) is 2.92. The average Bonchev–Trinajstić information content (AvgIpc) is 2.56. The van der Waals surface area contributed by atoms with Crippen LogP contribution in [0.2, 0.25) is 0 Å². The molecule has 1 saturated heterocycles. The molecule has 1 aliphatic rings. The molecule has 2 amide bonds. The van der Waals surface area contributed by atoms with Crippen molar-refractivity contribution >= 4 is 11.8 Å². The highest BCUT2D eigenvalue weighted by molar-refractivity contribution is 5.87. The van der Waals surface area contributed by atoms with Crippen molar-refractivity contribution < 1.29 is 18.7 Å². The van der Waals surface area contributed by atoms with Gasteiger partial charge in [-0.3, -0.25) is 9.59 Å². The van der Waals surface area contributed by atoms with Crippen LogP contribution in [0, 0.1) is 11.7 Å². The third-order valence-corrected chi connectivity index (χ3v) is 4.29. The lowest BCUT2D eigenvalue weighted by molar-refractivity contribution is -0.133. The first-order valence-corrected chi connectivity index (χ1v) is 8.57. The van der Waals surface area contributed by atoms with Gasteiger partial charge >= 0.3 is 0 Å². The van der Waals surface area contributed by atoms with Crippen molar-refractivity contribution in [3.8, 4) is 5.75 Å². The summed E-state index contributed by atoms with van der Waals surface area (Å²) < 4.78 is 19.2. The lowest BCUT2D eigenvalue weighted by atomic mass is 9.92. The zero-order valence-corrected chi connectivity index (χ0v) is 14.7. The maximum Gasteiger partial charge on any atom is 0.261 e. The van der Waals surface area contributed by atoms with Gasteiger partial charge < -0.3 is 15.0 Å². The van der Waals surface area contributed by atoms with Crippen LogP contribution in [0.1, 0.15) is 26.7 Å². The molecular weight excluding hydrogens is 323 g/mol. The average molecular weight is 348 g/mol. The quantitative estimate of drug-likeness (QED) is 0.735. The molecule has 25 heavy (non-hydrogen) atoms. The molecule has 0 bridgehead atoms. The number of nitrogens with zero attached hydrogens (tertiary/aromatic N) is 1. The zero-order valence-electron chi connectivity index (χ0n) is 14.7. The maximum absolute atomic E-state index is 13.7. The van der Waals surface area contributed by atoms with E-state index in [1.165, 1.54) is 18.2 Å². The molecule has 1 aromatic rings. The fourth-order valence-electron chi connectivity index (χ4n) is 2.94. The standard InChI is InChI=1S/C19H25FN2O3/c1-4-16(25-17-9-7-6-8-15(17)20)19(24)21-13(3)10-14-11-22(12-14)18(23)5-2/h5-9,13-14,16H,2,4,10-12H2,1,3H3,(H,21,24). The summed E-state index contributed by atoms with van der Waals surface area (Å²) in [4.78, 5) is 25.5. The zero-order chi connectivity index (χ0) is 18.4. The van der Waals surface area contributed by atoms with Crippen molar-refractivity contribution in [3.63, 3.8) is 0 Å². The summed E-state index contributed by atoms with van der Waals surface area (Å²) in [5.74, 6) is -0.349. The van der Waals surface area contributed by atoms with Gasteiger partial charge in [-0.1, -0.05) is 25.6 Å². The Morgan fingerprint density at radius 3 is 2.72 bits per heavy atom. The van der Waals surface area contributed by atoms with E-state index in [0.29, 0.717) is 25.4 Å². The topological polar surface area (TPSA) is 58.6 Å². The van der Waals surface area contributed by atoms with Crippen LogP contribution in [0.3, 0.4) is 0 Å². The molecule has 0 radical (unpaired) electrons. The first kappa shape index (κ1) is 19.0. The van der Waals surface area contributed by atoms with Crippen LogP contribution in [0.5, 0.6) is 5.75 Å². The van der Waals surface area contributed by atoms with Crippen LogP contribution in [0.4, 0.5) is 4.39 Å². The van der Waals surface area contributed by atoms with Crippen LogP contribution in [-0.4, -0.2) is 41.9 Å². The first-order valence-electron chi connectivity index (χ1n) is 8.57. The van der Waals surface area contributed by atoms with E-state index in [1.807, 2.05) is 13.8 Å². The molecule has 5 nitrogen and oxygen atoms in total. The van der Waals surface area contributed by atoms with Gasteiger partial charge in [0, 0.05) is 19.1 Å². The number of halogens is 1. The molecule has 136 valence electrons. The monoisotopic (exact) mass is 348 g/mol. The highest BCUT2D eigenvalue weighted by atomic mass is 19.1. The largest absolute Gasteiger partial charge is 0.478 e. The van der Waals surface area contributed by atoms with Gasteiger partial charge in [-0.15, -0.1) is 0 Å². The van der Waals surface area contributed by atoms with Gasteiger partial charge in [0.1, 0.15) is 0 Å². The molecule has 1 aliphatic heterocycles. The van der Waals surface area contributed by atoms with Crippen LogP contribution >= 0.6 is 0 Å². The van der Waals surface area contributed by atoms with E-state index in [-0.39, 0.29) is 23.6 Å². The lowest BCUT2D eigenvalue weighted by Gasteiger charge is -2.40. The number of rotatable bonds is 8. The third-order valence-electron chi connectivity index (χ3n) is 4.29. The minimum atomic E-state index is -0.736. The molecule has 1 fully saturated rings. The molecule has 2 rings (SSSR count). The third kappa shape index (κ3) is 5.05. The van der Waals surface area contributed by atoms with Crippen LogP contribution < -0.4 is 10.1 Å². The number of likely N-dealkylation sites (tertiary alicyclic amines) is 1. The van der Waals surface area contributed by atoms with E-state index in [1.54, 1.807) is 17.0 Å². The van der Waals surface area contributed by atoms with Gasteiger partial charge in [-0.2, -0.15) is 0 Å². The van der Waals surface area contributed by atoms with Gasteiger partial charge in [-0.05, 0) is 43.9 Å². The van der Waals surface area contributed by atoms with Crippen molar-refractivity contribution in [2.45, 2.75) is 38.8 Å². The highest BCUT2D eigenvalue weighted by Gasteiger charge is 2.31. The molecule has 2 unspecified atom stereocenters. The maximum atomic E-state index is 13.7. The van der Waals surface area contributed by atoms with Gasteiger partial charge in [-0.25, -0.2) is 4.39 Å². The molecule has 0 spiro atoms. The van der Waals surface area contributed by atoms with Gasteiger partial charge in [0.15, 0.2) is 17.7 Å². The normalized spacial score (nSPS) is 16.5. The number of hydrogen-bond acceptors (Lipinski definition) is 3. The Labute approximate surface area is 147 Å². The molecule has 0 saturated carbocycles. The Morgan fingerprint density at radius 1 is 1.44 bits per heavy atom. The number of para-hydroxylation sites is 1. The Hall–Kier alpha value is -2.37. The van der Waals surface area contributed by atoms with Gasteiger partial charge in [0.05, 0.1) is 0 Å². The number of hydrogen-bond donors (Lipinski definition) is 1. The number of carbonyl (C=O) groups excluding carboxylic acids is 2. The second-order valence-corrected chi connectivity index (χ2v) is 6.40. The summed E-state index contributed by atoms with van der Waals surface area (Å²) in [6.45, 7) is 8.59. The molecule has 2 atom stereocenters. The van der Waals surface area contributed by atoms with E-state index in [0.717, 1.165) is 6.42 Å². The van der Waals surface area contributed by atoms with Crippen molar-refractivity contribution in [2.75, 3.05) is 13.1 Å². The number of ether oxygens (including phenoxy) is 1. The van der Waals surface area contributed by atoms with E-state index in [2.05, 4.69) is 11.9 Å². The summed E-state index contributed by atoms with van der Waals surface area (Å²) in [5.41, 5.74) is 0. The van der Waals surface area contributed by atoms with E-state index >= 15 is 0 Å². The van der Waals surface area contributed by atoms with Gasteiger partial charge in [0.2, 0.25) is 5.91 Å². The second kappa shape index (κ2) is 8.65. The van der Waals surface area contributed by atoms with E-state index in [9.17, 15) is 14.0 Å². The summed E-state index contributed by atoms with van der Waals surface area (Å²) >= 11 is 0. The number of carbonyl (C=O) groups is 2. The van der Waals surface area contributed by atoms with Crippen LogP contribution in [-0.2, 0) is 9.59 Å². The van der Waals surface area contributed by atoms with Crippen molar-refractivity contribution in [3.05, 3.63) is 42.7 Å². The number of nitrogens with one attached hydrogen (secondary N) is 1. The van der Waals surface area contributed by atoms with Crippen LogP contribution in [0.25, 0.3) is 0 Å². The smallest absolute Gasteiger partial charge is 0.261 e. The van der Waals surface area contributed by atoms with Crippen molar-refractivity contribution in [2.24, 2.45) is 5.92 Å². The van der Waals surface area contributed by atoms with E-state index in [4.69, 9.17) is 4.74 Å². The van der Waals surface area contributed by atoms with Crippen molar-refractivity contribution in [1.82, 2.24) is 10.2 Å². The number of benzene rings is 1. The predicted octanol–water partition coefficient (Wildman–Crippen LogP) is 2.52. The summed E-state index contributed by atoms with van der Waals surface area (Å²) in [7, 11) is 0. The Morgan fingerprint density at radius 2 is 2.12 bits per heavy atom. The van der Waals surface area contributed by atoms with Crippen LogP contribution in [0.15, 0.2) is 36.9 Å². The Balaban J connectivity index is 1.80. The predicted molar refractivity (Wildman–Crippen MR) is 93.6 cm³/mol.